The molecule has 0 radical (unpaired) electrons. The second-order valence-corrected chi connectivity index (χ2v) is 3.24. The van der Waals surface area contributed by atoms with Gasteiger partial charge < -0.3 is 9.84 Å². The number of carboxylic acid groups (broad SMARTS) is 1. The van der Waals surface area contributed by atoms with E-state index in [9.17, 15) is 9.59 Å². The summed E-state index contributed by atoms with van der Waals surface area (Å²) < 4.78 is 4.71. The zero-order valence-corrected chi connectivity index (χ0v) is 9.29. The quantitative estimate of drug-likeness (QED) is 0.435. The summed E-state index contributed by atoms with van der Waals surface area (Å²) in [4.78, 5) is 22.4. The summed E-state index contributed by atoms with van der Waals surface area (Å²) in [6.07, 6.45) is 0.619. The molecule has 0 fully saturated rings. The van der Waals surface area contributed by atoms with Gasteiger partial charge in [0.05, 0.1) is 6.61 Å². The van der Waals surface area contributed by atoms with Gasteiger partial charge in [0, 0.05) is 12.8 Å². The average molecular weight is 212 g/mol. The van der Waals surface area contributed by atoms with Crippen molar-refractivity contribution in [2.24, 2.45) is 5.41 Å². The van der Waals surface area contributed by atoms with E-state index in [-0.39, 0.29) is 13.0 Å². The van der Waals surface area contributed by atoms with Gasteiger partial charge in [0.25, 0.3) is 0 Å². The van der Waals surface area contributed by atoms with Crippen LogP contribution in [0, 0.1) is 17.3 Å². The summed E-state index contributed by atoms with van der Waals surface area (Å²) in [6.45, 7) is 4.99. The summed E-state index contributed by atoms with van der Waals surface area (Å²) in [7, 11) is 0. The van der Waals surface area contributed by atoms with E-state index in [4.69, 9.17) is 9.84 Å². The lowest BCUT2D eigenvalue weighted by Crippen LogP contribution is -2.37. The second-order valence-electron chi connectivity index (χ2n) is 3.24. The molecule has 0 aliphatic rings. The number of hydrogen-bond donors (Lipinski definition) is 1. The van der Waals surface area contributed by atoms with Crippen molar-refractivity contribution in [1.29, 1.82) is 0 Å². The largest absolute Gasteiger partial charge is 0.480 e. The van der Waals surface area contributed by atoms with E-state index in [0.29, 0.717) is 6.42 Å². The van der Waals surface area contributed by atoms with Crippen LogP contribution in [0.2, 0.25) is 0 Å². The van der Waals surface area contributed by atoms with Crippen LogP contribution < -0.4 is 0 Å². The van der Waals surface area contributed by atoms with Crippen molar-refractivity contribution in [1.82, 2.24) is 0 Å². The van der Waals surface area contributed by atoms with E-state index in [1.165, 1.54) is 6.92 Å². The lowest BCUT2D eigenvalue weighted by Gasteiger charge is -2.19. The monoisotopic (exact) mass is 212 g/mol. The lowest BCUT2D eigenvalue weighted by atomic mass is 9.87. The SMILES string of the molecule is CCC#CC[C@@](C)(C(=O)O)C(=O)OCC. The van der Waals surface area contributed by atoms with Crippen molar-refractivity contribution in [3.8, 4) is 11.8 Å². The molecule has 0 aromatic heterocycles. The molecule has 15 heavy (non-hydrogen) atoms. The predicted molar refractivity (Wildman–Crippen MR) is 55.1 cm³/mol. The van der Waals surface area contributed by atoms with Gasteiger partial charge in [0.1, 0.15) is 0 Å². The number of ether oxygens (including phenoxy) is 1. The van der Waals surface area contributed by atoms with Crippen molar-refractivity contribution in [3.63, 3.8) is 0 Å². The molecule has 0 aromatic rings. The maximum absolute atomic E-state index is 11.4. The summed E-state index contributed by atoms with van der Waals surface area (Å²) in [5.41, 5.74) is -1.56. The number of esters is 1. The molecule has 0 spiro atoms. The molecular formula is C11H16O4. The van der Waals surface area contributed by atoms with Gasteiger partial charge in [0.15, 0.2) is 5.41 Å². The normalized spacial score (nSPS) is 13.3. The topological polar surface area (TPSA) is 63.6 Å². The number of hydrogen-bond acceptors (Lipinski definition) is 3. The minimum atomic E-state index is -1.56. The van der Waals surface area contributed by atoms with E-state index < -0.39 is 17.4 Å². The molecule has 0 amide bonds. The third-order valence-electron chi connectivity index (χ3n) is 1.94. The smallest absolute Gasteiger partial charge is 0.324 e. The second kappa shape index (κ2) is 6.07. The van der Waals surface area contributed by atoms with E-state index in [2.05, 4.69) is 11.8 Å². The summed E-state index contributed by atoms with van der Waals surface area (Å²) in [5.74, 6) is 3.46. The predicted octanol–water partition coefficient (Wildman–Crippen LogP) is 1.44. The van der Waals surface area contributed by atoms with Gasteiger partial charge in [-0.3, -0.25) is 9.59 Å². The molecule has 0 saturated carbocycles. The third-order valence-corrected chi connectivity index (χ3v) is 1.94. The molecule has 4 heteroatoms. The molecule has 0 saturated heterocycles. The Hall–Kier alpha value is -1.50. The van der Waals surface area contributed by atoms with E-state index >= 15 is 0 Å². The average Bonchev–Trinajstić information content (AvgIpc) is 2.18. The van der Waals surface area contributed by atoms with Crippen LogP contribution >= 0.6 is 0 Å². The number of rotatable bonds is 4. The summed E-state index contributed by atoms with van der Waals surface area (Å²) in [6, 6.07) is 0. The first kappa shape index (κ1) is 13.5. The van der Waals surface area contributed by atoms with Crippen LogP contribution in [0.5, 0.6) is 0 Å². The Labute approximate surface area is 89.6 Å². The van der Waals surface area contributed by atoms with Crippen LogP contribution in [0.15, 0.2) is 0 Å². The molecule has 0 bridgehead atoms. The molecule has 1 atom stereocenters. The Morgan fingerprint density at radius 2 is 1.93 bits per heavy atom. The van der Waals surface area contributed by atoms with E-state index in [1.54, 1.807) is 6.92 Å². The number of aliphatic carboxylic acids is 1. The Balaban J connectivity index is 4.74. The van der Waals surface area contributed by atoms with E-state index in [0.717, 1.165) is 0 Å². The van der Waals surface area contributed by atoms with Gasteiger partial charge in [-0.2, -0.15) is 0 Å². The van der Waals surface area contributed by atoms with Crippen LogP contribution in [0.1, 0.15) is 33.6 Å². The van der Waals surface area contributed by atoms with Crippen molar-refractivity contribution in [3.05, 3.63) is 0 Å². The molecular weight excluding hydrogens is 196 g/mol. The number of carboxylic acids is 1. The van der Waals surface area contributed by atoms with Gasteiger partial charge in [-0.15, -0.1) is 11.8 Å². The molecule has 0 heterocycles. The van der Waals surface area contributed by atoms with Crippen molar-refractivity contribution in [2.45, 2.75) is 33.6 Å². The number of carbonyl (C=O) groups is 2. The highest BCUT2D eigenvalue weighted by molar-refractivity contribution is 5.99. The molecule has 0 aromatic carbocycles. The molecule has 0 unspecified atom stereocenters. The summed E-state index contributed by atoms with van der Waals surface area (Å²) in [5, 5.41) is 8.96. The van der Waals surface area contributed by atoms with Gasteiger partial charge in [-0.25, -0.2) is 0 Å². The lowest BCUT2D eigenvalue weighted by molar-refractivity contribution is -0.166. The third kappa shape index (κ3) is 3.62. The first-order chi connectivity index (χ1) is 6.99. The minimum absolute atomic E-state index is 0.0188. The van der Waals surface area contributed by atoms with Gasteiger partial charge in [-0.1, -0.05) is 6.92 Å². The Morgan fingerprint density at radius 1 is 1.33 bits per heavy atom. The Morgan fingerprint density at radius 3 is 2.33 bits per heavy atom. The van der Waals surface area contributed by atoms with Crippen LogP contribution in [0.3, 0.4) is 0 Å². The van der Waals surface area contributed by atoms with Gasteiger partial charge in [-0.05, 0) is 13.8 Å². The van der Waals surface area contributed by atoms with Crippen molar-refractivity contribution in [2.75, 3.05) is 6.61 Å². The van der Waals surface area contributed by atoms with Crippen LogP contribution in [-0.4, -0.2) is 23.7 Å². The zero-order chi connectivity index (χ0) is 11.9. The van der Waals surface area contributed by atoms with Crippen molar-refractivity contribution >= 4 is 11.9 Å². The van der Waals surface area contributed by atoms with E-state index in [1.807, 2.05) is 6.92 Å². The fraction of sp³-hybridized carbons (Fsp3) is 0.636. The first-order valence-electron chi connectivity index (χ1n) is 4.85. The maximum Gasteiger partial charge on any atom is 0.324 e. The standard InChI is InChI=1S/C11H16O4/c1-4-6-7-8-11(3,9(12)13)10(14)15-5-2/h4-5,8H2,1-3H3,(H,12,13)/t11-/m0/s1. The van der Waals surface area contributed by atoms with Crippen molar-refractivity contribution < 1.29 is 19.4 Å². The molecule has 4 nitrogen and oxygen atoms in total. The zero-order valence-electron chi connectivity index (χ0n) is 9.29. The van der Waals surface area contributed by atoms with Crippen LogP contribution in [0.25, 0.3) is 0 Å². The molecule has 1 N–H and O–H groups in total. The number of carbonyl (C=O) groups excluding carboxylic acids is 1. The van der Waals surface area contributed by atoms with Crippen LogP contribution in [-0.2, 0) is 14.3 Å². The fourth-order valence-electron chi connectivity index (χ4n) is 0.890. The van der Waals surface area contributed by atoms with Gasteiger partial charge >= 0.3 is 11.9 Å². The Bertz CT molecular complexity index is 297. The maximum atomic E-state index is 11.4. The van der Waals surface area contributed by atoms with Gasteiger partial charge in [0.2, 0.25) is 0 Å². The molecule has 0 rings (SSSR count). The first-order valence-corrected chi connectivity index (χ1v) is 4.85. The highest BCUT2D eigenvalue weighted by Crippen LogP contribution is 2.23. The Kier molecular flexibility index (Phi) is 5.46. The minimum Gasteiger partial charge on any atom is -0.480 e. The van der Waals surface area contributed by atoms with Crippen LogP contribution in [0.4, 0.5) is 0 Å². The fourth-order valence-corrected chi connectivity index (χ4v) is 0.890. The highest BCUT2D eigenvalue weighted by Gasteiger charge is 2.42. The molecule has 84 valence electrons. The summed E-state index contributed by atoms with van der Waals surface area (Å²) >= 11 is 0. The molecule has 0 aliphatic heterocycles. The molecule has 0 aliphatic carbocycles. The highest BCUT2D eigenvalue weighted by atomic mass is 16.5.